The molecule has 1 heterocycles. The molecule has 10 heteroatoms. The molecule has 7 nitrogen and oxygen atoms in total. The number of carbonyl (C=O) groups is 1. The standard InChI is InChI=1S/C17H18F3N3O4/c1-15(2,3)26-14(24)22-16(7-8-16)13-21-12(23-27-13)10-5-4-6-11(9-10)25-17(18,19)20/h4-6,9H,7-8H2,1-3H3,(H,22,24). The van der Waals surface area contributed by atoms with E-state index in [1.165, 1.54) is 18.2 Å². The molecule has 3 rings (SSSR count). The van der Waals surface area contributed by atoms with E-state index in [2.05, 4.69) is 20.2 Å². The number of hydrogen-bond donors (Lipinski definition) is 1. The van der Waals surface area contributed by atoms with Gasteiger partial charge in [0.2, 0.25) is 5.82 Å². The SMILES string of the molecule is CC(C)(C)OC(=O)NC1(c2nc(-c3cccc(OC(F)(F)F)c3)no2)CC1. The summed E-state index contributed by atoms with van der Waals surface area (Å²) in [4.78, 5) is 16.2. The van der Waals surface area contributed by atoms with Crippen LogP contribution < -0.4 is 10.1 Å². The van der Waals surface area contributed by atoms with Crippen molar-refractivity contribution in [2.75, 3.05) is 0 Å². The van der Waals surface area contributed by atoms with Crippen LogP contribution >= 0.6 is 0 Å². The van der Waals surface area contributed by atoms with Gasteiger partial charge in [-0.2, -0.15) is 4.98 Å². The number of ether oxygens (including phenoxy) is 2. The van der Waals surface area contributed by atoms with Crippen LogP contribution in [0.25, 0.3) is 11.4 Å². The number of amides is 1. The lowest BCUT2D eigenvalue weighted by molar-refractivity contribution is -0.274. The lowest BCUT2D eigenvalue weighted by Gasteiger charge is -2.21. The minimum atomic E-state index is -4.80. The molecule has 146 valence electrons. The number of hydrogen-bond acceptors (Lipinski definition) is 6. The fourth-order valence-electron chi connectivity index (χ4n) is 2.38. The van der Waals surface area contributed by atoms with Gasteiger partial charge in [-0.1, -0.05) is 17.3 Å². The second kappa shape index (κ2) is 6.43. The molecule has 0 saturated heterocycles. The zero-order chi connectivity index (χ0) is 19.9. The van der Waals surface area contributed by atoms with Crippen LogP contribution in [-0.2, 0) is 10.3 Å². The van der Waals surface area contributed by atoms with Gasteiger partial charge in [0, 0.05) is 5.56 Å². The Morgan fingerprint density at radius 3 is 2.56 bits per heavy atom. The number of aromatic nitrogens is 2. The molecule has 1 amide bonds. The summed E-state index contributed by atoms with van der Waals surface area (Å²) in [5, 5.41) is 6.51. The third kappa shape index (κ3) is 4.89. The molecular weight excluding hydrogens is 367 g/mol. The van der Waals surface area contributed by atoms with E-state index in [1.54, 1.807) is 20.8 Å². The molecule has 0 radical (unpaired) electrons. The van der Waals surface area contributed by atoms with Crippen molar-refractivity contribution in [2.24, 2.45) is 0 Å². The number of carbonyl (C=O) groups excluding carboxylic acids is 1. The second-order valence-corrected chi connectivity index (χ2v) is 7.21. The fraction of sp³-hybridized carbons (Fsp3) is 0.471. The van der Waals surface area contributed by atoms with Gasteiger partial charge in [-0.3, -0.25) is 0 Å². The average molecular weight is 385 g/mol. The molecule has 0 aliphatic heterocycles. The normalized spacial score (nSPS) is 15.9. The maximum Gasteiger partial charge on any atom is 0.573 e. The van der Waals surface area contributed by atoms with Crippen LogP contribution in [0.4, 0.5) is 18.0 Å². The van der Waals surface area contributed by atoms with Crippen LogP contribution in [0.5, 0.6) is 5.75 Å². The molecule has 1 aliphatic rings. The van der Waals surface area contributed by atoms with Crippen molar-refractivity contribution in [2.45, 2.75) is 51.1 Å². The van der Waals surface area contributed by atoms with Crippen molar-refractivity contribution >= 4 is 6.09 Å². The number of rotatable bonds is 4. The first-order chi connectivity index (χ1) is 12.5. The van der Waals surface area contributed by atoms with Gasteiger partial charge >= 0.3 is 12.5 Å². The molecule has 2 aromatic rings. The Morgan fingerprint density at radius 1 is 1.26 bits per heavy atom. The largest absolute Gasteiger partial charge is 0.573 e. The summed E-state index contributed by atoms with van der Waals surface area (Å²) in [5.41, 5.74) is -1.17. The maximum absolute atomic E-state index is 12.4. The lowest BCUT2D eigenvalue weighted by atomic mass is 10.2. The summed E-state index contributed by atoms with van der Waals surface area (Å²) in [6, 6.07) is 5.24. The van der Waals surface area contributed by atoms with Crippen LogP contribution in [0, 0.1) is 0 Å². The fourth-order valence-corrected chi connectivity index (χ4v) is 2.38. The second-order valence-electron chi connectivity index (χ2n) is 7.21. The van der Waals surface area contributed by atoms with Crippen LogP contribution in [0.1, 0.15) is 39.5 Å². The van der Waals surface area contributed by atoms with Crippen molar-refractivity contribution < 1.29 is 32.0 Å². The van der Waals surface area contributed by atoms with E-state index in [-0.39, 0.29) is 17.5 Å². The highest BCUT2D eigenvalue weighted by Crippen LogP contribution is 2.45. The molecule has 1 N–H and O–H groups in total. The van der Waals surface area contributed by atoms with Crippen LogP contribution in [0.15, 0.2) is 28.8 Å². The van der Waals surface area contributed by atoms with Gasteiger partial charge in [0.25, 0.3) is 5.89 Å². The van der Waals surface area contributed by atoms with E-state index in [4.69, 9.17) is 9.26 Å². The third-order valence-corrected chi connectivity index (χ3v) is 3.65. The first kappa shape index (κ1) is 19.0. The topological polar surface area (TPSA) is 86.5 Å². The van der Waals surface area contributed by atoms with Gasteiger partial charge in [-0.15, -0.1) is 13.2 Å². The van der Waals surface area contributed by atoms with Crippen molar-refractivity contribution in [3.63, 3.8) is 0 Å². The summed E-state index contributed by atoms with van der Waals surface area (Å²) in [7, 11) is 0. The van der Waals surface area contributed by atoms with Gasteiger partial charge < -0.3 is 19.3 Å². The summed E-state index contributed by atoms with van der Waals surface area (Å²) < 4.78 is 51.4. The molecular formula is C17H18F3N3O4. The van der Waals surface area contributed by atoms with Crippen LogP contribution in [0.2, 0.25) is 0 Å². The molecule has 1 aromatic carbocycles. The van der Waals surface area contributed by atoms with Crippen molar-refractivity contribution in [1.82, 2.24) is 15.5 Å². The van der Waals surface area contributed by atoms with Gasteiger partial charge in [0.15, 0.2) is 0 Å². The minimum absolute atomic E-state index is 0.0925. The molecule has 0 unspecified atom stereocenters. The highest BCUT2D eigenvalue weighted by Gasteiger charge is 2.51. The maximum atomic E-state index is 12.4. The van der Waals surface area contributed by atoms with E-state index in [0.717, 1.165) is 6.07 Å². The number of alkyl carbamates (subject to hydrolysis) is 1. The monoisotopic (exact) mass is 385 g/mol. The van der Waals surface area contributed by atoms with Gasteiger partial charge in [-0.05, 0) is 45.7 Å². The summed E-state index contributed by atoms with van der Waals surface area (Å²) in [5.74, 6) is -0.125. The molecule has 0 atom stereocenters. The van der Waals surface area contributed by atoms with E-state index < -0.39 is 23.6 Å². The summed E-state index contributed by atoms with van der Waals surface area (Å²) >= 11 is 0. The molecule has 1 aromatic heterocycles. The molecule has 0 bridgehead atoms. The van der Waals surface area contributed by atoms with E-state index in [0.29, 0.717) is 18.4 Å². The quantitative estimate of drug-likeness (QED) is 0.851. The molecule has 1 saturated carbocycles. The van der Waals surface area contributed by atoms with E-state index in [1.807, 2.05) is 0 Å². The number of alkyl halides is 3. The van der Waals surface area contributed by atoms with Gasteiger partial charge in [0.1, 0.15) is 16.9 Å². The first-order valence-corrected chi connectivity index (χ1v) is 8.17. The molecule has 27 heavy (non-hydrogen) atoms. The van der Waals surface area contributed by atoms with Crippen LogP contribution in [0.3, 0.4) is 0 Å². The van der Waals surface area contributed by atoms with Gasteiger partial charge in [-0.25, -0.2) is 4.79 Å². The highest BCUT2D eigenvalue weighted by molar-refractivity contribution is 5.69. The molecule has 1 aliphatic carbocycles. The van der Waals surface area contributed by atoms with E-state index in [9.17, 15) is 18.0 Å². The molecule has 0 spiro atoms. The summed E-state index contributed by atoms with van der Waals surface area (Å²) in [6.45, 7) is 5.23. The lowest BCUT2D eigenvalue weighted by Crippen LogP contribution is -2.39. The first-order valence-electron chi connectivity index (χ1n) is 8.17. The Bertz CT molecular complexity index is 838. The van der Waals surface area contributed by atoms with E-state index >= 15 is 0 Å². The average Bonchev–Trinajstić information content (AvgIpc) is 3.09. The number of halogens is 3. The number of nitrogens with one attached hydrogen (secondary N) is 1. The highest BCUT2D eigenvalue weighted by atomic mass is 19.4. The third-order valence-electron chi connectivity index (χ3n) is 3.65. The Balaban J connectivity index is 1.75. The summed E-state index contributed by atoms with van der Waals surface area (Å²) in [6.07, 6.45) is -4.23. The molecule has 1 fully saturated rings. The van der Waals surface area contributed by atoms with Crippen molar-refractivity contribution in [3.05, 3.63) is 30.2 Å². The Morgan fingerprint density at radius 2 is 1.96 bits per heavy atom. The van der Waals surface area contributed by atoms with Crippen LogP contribution in [-0.4, -0.2) is 28.2 Å². The van der Waals surface area contributed by atoms with Crippen molar-refractivity contribution in [1.29, 1.82) is 0 Å². The Hall–Kier alpha value is -2.78. The van der Waals surface area contributed by atoms with Crippen molar-refractivity contribution in [3.8, 4) is 17.1 Å². The minimum Gasteiger partial charge on any atom is -0.444 e. The zero-order valence-corrected chi connectivity index (χ0v) is 14.9. The zero-order valence-electron chi connectivity index (χ0n) is 14.9. The predicted molar refractivity (Wildman–Crippen MR) is 86.7 cm³/mol. The Labute approximate surface area is 152 Å². The predicted octanol–water partition coefficient (Wildman–Crippen LogP) is 4.15. The Kier molecular flexibility index (Phi) is 4.52. The smallest absolute Gasteiger partial charge is 0.444 e. The number of benzene rings is 1. The van der Waals surface area contributed by atoms with Gasteiger partial charge in [0.05, 0.1) is 0 Å². The number of nitrogens with zero attached hydrogens (tertiary/aromatic N) is 2.